The highest BCUT2D eigenvalue weighted by molar-refractivity contribution is 8.14. The molecule has 172 valence electrons. The topological polar surface area (TPSA) is 34.1 Å². The summed E-state index contributed by atoms with van der Waals surface area (Å²) in [5, 5.41) is 0.465. The zero-order valence-corrected chi connectivity index (χ0v) is 20.8. The number of benzene rings is 4. The molecule has 1 atom stereocenters. The SMILES string of the molecule is CC(SC(=O)c1ccccc1)c1ccccc1.O=C(SCCc1ccccc1)c1ccccc1. The first-order valence-corrected chi connectivity index (χ1v) is 13.1. The van der Waals surface area contributed by atoms with Crippen LogP contribution < -0.4 is 0 Å². The number of hydrogen-bond acceptors (Lipinski definition) is 4. The molecule has 4 aromatic rings. The maximum atomic E-state index is 12.0. The van der Waals surface area contributed by atoms with Gasteiger partial charge < -0.3 is 0 Å². The third kappa shape index (κ3) is 8.69. The van der Waals surface area contributed by atoms with Crippen LogP contribution in [0.15, 0.2) is 121 Å². The summed E-state index contributed by atoms with van der Waals surface area (Å²) in [5.74, 6) is 0.831. The van der Waals surface area contributed by atoms with E-state index in [1.807, 2.05) is 97.1 Å². The van der Waals surface area contributed by atoms with Crippen molar-refractivity contribution in [2.45, 2.75) is 18.6 Å². The van der Waals surface area contributed by atoms with E-state index in [1.165, 1.54) is 34.7 Å². The van der Waals surface area contributed by atoms with E-state index in [1.54, 1.807) is 0 Å². The highest BCUT2D eigenvalue weighted by Gasteiger charge is 2.13. The smallest absolute Gasteiger partial charge is 0.219 e. The molecule has 4 rings (SSSR count). The van der Waals surface area contributed by atoms with E-state index in [0.29, 0.717) is 0 Å². The van der Waals surface area contributed by atoms with Crippen LogP contribution in [0.4, 0.5) is 0 Å². The van der Waals surface area contributed by atoms with Gasteiger partial charge in [-0.3, -0.25) is 9.59 Å². The van der Waals surface area contributed by atoms with E-state index in [4.69, 9.17) is 0 Å². The molecule has 0 aliphatic carbocycles. The number of thioether (sulfide) groups is 2. The zero-order valence-electron chi connectivity index (χ0n) is 19.2. The second-order valence-corrected chi connectivity index (χ2v) is 9.94. The van der Waals surface area contributed by atoms with Crippen molar-refractivity contribution in [2.24, 2.45) is 0 Å². The Kier molecular flexibility index (Phi) is 10.7. The molecule has 0 spiro atoms. The summed E-state index contributed by atoms with van der Waals surface area (Å²) in [6.45, 7) is 2.06. The highest BCUT2D eigenvalue weighted by atomic mass is 32.2. The van der Waals surface area contributed by atoms with Crippen LogP contribution in [-0.4, -0.2) is 16.0 Å². The minimum Gasteiger partial charge on any atom is -0.282 e. The van der Waals surface area contributed by atoms with Crippen LogP contribution in [-0.2, 0) is 6.42 Å². The summed E-state index contributed by atoms with van der Waals surface area (Å²) in [4.78, 5) is 23.8. The Morgan fingerprint density at radius 1 is 0.618 bits per heavy atom. The Morgan fingerprint density at radius 3 is 1.59 bits per heavy atom. The van der Waals surface area contributed by atoms with Gasteiger partial charge in [0.05, 0.1) is 0 Å². The molecule has 1 unspecified atom stereocenters. The molecule has 0 fully saturated rings. The summed E-state index contributed by atoms with van der Waals surface area (Å²) in [6.07, 6.45) is 0.935. The minimum atomic E-state index is 0.127. The molecule has 0 saturated heterocycles. The lowest BCUT2D eigenvalue weighted by Gasteiger charge is -2.10. The Balaban J connectivity index is 0.000000191. The van der Waals surface area contributed by atoms with E-state index < -0.39 is 0 Å². The molecule has 0 heterocycles. The van der Waals surface area contributed by atoms with Crippen molar-refractivity contribution in [3.63, 3.8) is 0 Å². The standard InChI is InChI=1S/2C15H14OS/c1-12(13-8-4-2-5-9-13)17-15(16)14-10-6-3-7-11-14;16-15(14-9-5-2-6-10-14)17-12-11-13-7-3-1-4-8-13/h2-12H,1H3;1-10H,11-12H2. The van der Waals surface area contributed by atoms with Crippen LogP contribution in [0.2, 0.25) is 0 Å². The maximum absolute atomic E-state index is 12.0. The Hall–Kier alpha value is -3.08. The fourth-order valence-electron chi connectivity index (χ4n) is 3.16. The number of carbonyl (C=O) groups is 2. The lowest BCUT2D eigenvalue weighted by atomic mass is 10.2. The van der Waals surface area contributed by atoms with E-state index >= 15 is 0 Å². The van der Waals surface area contributed by atoms with Gasteiger partial charge in [0.2, 0.25) is 10.2 Å². The third-order valence-corrected chi connectivity index (χ3v) is 7.02. The van der Waals surface area contributed by atoms with Gasteiger partial charge in [-0.15, -0.1) is 0 Å². The molecule has 0 radical (unpaired) electrons. The van der Waals surface area contributed by atoms with Gasteiger partial charge in [0.15, 0.2) is 0 Å². The second kappa shape index (κ2) is 14.2. The quantitative estimate of drug-likeness (QED) is 0.265. The molecule has 4 aromatic carbocycles. The molecule has 0 aromatic heterocycles. The van der Waals surface area contributed by atoms with E-state index in [9.17, 15) is 9.59 Å². The molecule has 0 N–H and O–H groups in total. The predicted molar refractivity (Wildman–Crippen MR) is 147 cm³/mol. The Bertz CT molecular complexity index is 1130. The summed E-state index contributed by atoms with van der Waals surface area (Å²) >= 11 is 2.75. The van der Waals surface area contributed by atoms with Gasteiger partial charge in [-0.1, -0.05) is 145 Å². The van der Waals surface area contributed by atoms with Crippen molar-refractivity contribution >= 4 is 33.8 Å². The lowest BCUT2D eigenvalue weighted by molar-refractivity contribution is 0.108. The van der Waals surface area contributed by atoms with Gasteiger partial charge in [0.1, 0.15) is 0 Å². The molecule has 0 amide bonds. The van der Waals surface area contributed by atoms with Crippen molar-refractivity contribution in [3.8, 4) is 0 Å². The van der Waals surface area contributed by atoms with E-state index in [2.05, 4.69) is 31.2 Å². The van der Waals surface area contributed by atoms with Crippen LogP contribution in [0.3, 0.4) is 0 Å². The van der Waals surface area contributed by atoms with Gasteiger partial charge in [-0.25, -0.2) is 0 Å². The average molecular weight is 485 g/mol. The second-order valence-electron chi connectivity index (χ2n) is 7.56. The summed E-state index contributed by atoms with van der Waals surface area (Å²) in [6, 6.07) is 39.2. The molecule has 4 heteroatoms. The van der Waals surface area contributed by atoms with Gasteiger partial charge in [0, 0.05) is 22.1 Å². The normalized spacial score (nSPS) is 11.1. The third-order valence-electron chi connectivity index (χ3n) is 5.04. The summed E-state index contributed by atoms with van der Waals surface area (Å²) in [7, 11) is 0. The molecular weight excluding hydrogens is 456 g/mol. The summed E-state index contributed by atoms with van der Waals surface area (Å²) in [5.41, 5.74) is 4.01. The molecule has 0 aliphatic heterocycles. The molecule has 0 aliphatic rings. The number of carbonyl (C=O) groups excluding carboxylic acids is 2. The lowest BCUT2D eigenvalue weighted by Crippen LogP contribution is -1.97. The minimum absolute atomic E-state index is 0.127. The summed E-state index contributed by atoms with van der Waals surface area (Å²) < 4.78 is 0. The van der Waals surface area contributed by atoms with Crippen LogP contribution in [0.5, 0.6) is 0 Å². The van der Waals surface area contributed by atoms with Crippen LogP contribution in [0.1, 0.15) is 44.0 Å². The Morgan fingerprint density at radius 2 is 1.06 bits per heavy atom. The van der Waals surface area contributed by atoms with E-state index in [0.717, 1.165) is 23.3 Å². The first-order valence-electron chi connectivity index (χ1n) is 11.2. The Labute approximate surface area is 210 Å². The zero-order chi connectivity index (χ0) is 24.0. The molecule has 0 bridgehead atoms. The fourth-order valence-corrected chi connectivity index (χ4v) is 4.87. The molecular formula is C30H28O2S2. The first kappa shape index (κ1) is 25.5. The van der Waals surface area contributed by atoms with E-state index in [-0.39, 0.29) is 15.5 Å². The van der Waals surface area contributed by atoms with Crippen LogP contribution in [0.25, 0.3) is 0 Å². The van der Waals surface area contributed by atoms with Crippen LogP contribution in [0, 0.1) is 0 Å². The number of aryl methyl sites for hydroxylation is 1. The molecule has 34 heavy (non-hydrogen) atoms. The number of rotatable bonds is 7. The van der Waals surface area contributed by atoms with Crippen molar-refractivity contribution in [3.05, 3.63) is 144 Å². The van der Waals surface area contributed by atoms with Gasteiger partial charge in [-0.05, 0) is 24.5 Å². The largest absolute Gasteiger partial charge is 0.282 e. The fraction of sp³-hybridized carbons (Fsp3) is 0.133. The van der Waals surface area contributed by atoms with Crippen molar-refractivity contribution < 1.29 is 9.59 Å². The number of hydrogen-bond donors (Lipinski definition) is 0. The maximum Gasteiger partial charge on any atom is 0.219 e. The van der Waals surface area contributed by atoms with Crippen molar-refractivity contribution in [1.29, 1.82) is 0 Å². The van der Waals surface area contributed by atoms with Gasteiger partial charge >= 0.3 is 0 Å². The molecule has 0 saturated carbocycles. The van der Waals surface area contributed by atoms with Crippen LogP contribution >= 0.6 is 23.5 Å². The van der Waals surface area contributed by atoms with Gasteiger partial charge in [0.25, 0.3) is 0 Å². The van der Waals surface area contributed by atoms with Gasteiger partial charge in [-0.2, -0.15) is 0 Å². The molecule has 2 nitrogen and oxygen atoms in total. The average Bonchev–Trinajstić information content (AvgIpc) is 2.91. The highest BCUT2D eigenvalue weighted by Crippen LogP contribution is 2.30. The van der Waals surface area contributed by atoms with Crippen molar-refractivity contribution in [1.82, 2.24) is 0 Å². The van der Waals surface area contributed by atoms with Crippen molar-refractivity contribution in [2.75, 3.05) is 5.75 Å². The predicted octanol–water partition coefficient (Wildman–Crippen LogP) is 8.12. The first-order chi connectivity index (χ1) is 16.6. The monoisotopic (exact) mass is 484 g/mol.